The van der Waals surface area contributed by atoms with E-state index in [0.29, 0.717) is 24.0 Å². The number of aromatic amines is 2. The molecule has 2 aromatic heterocycles. The molecule has 0 aromatic carbocycles. The van der Waals surface area contributed by atoms with Crippen molar-refractivity contribution >= 4 is 31.1 Å². The van der Waals surface area contributed by atoms with Crippen molar-refractivity contribution in [2.24, 2.45) is 28.6 Å². The lowest BCUT2D eigenvalue weighted by Crippen LogP contribution is -2.43. The van der Waals surface area contributed by atoms with E-state index in [-0.39, 0.29) is 51.0 Å². The summed E-state index contributed by atoms with van der Waals surface area (Å²) in [5, 5.41) is 37.7. The average molecular weight is 515 g/mol. The highest BCUT2D eigenvalue weighted by Gasteiger charge is 2.38. The number of nitrogens with one attached hydrogen (secondary N) is 2. The summed E-state index contributed by atoms with van der Waals surface area (Å²) in [5.41, 5.74) is 6.28. The third-order valence-electron chi connectivity index (χ3n) is 7.70. The zero-order chi connectivity index (χ0) is 28.3. The maximum absolute atomic E-state index is 12.5. The van der Waals surface area contributed by atoms with Gasteiger partial charge in [-0.1, -0.05) is 60.6 Å². The topological polar surface area (TPSA) is 173 Å². The van der Waals surface area contributed by atoms with Crippen molar-refractivity contribution in [1.82, 2.24) is 9.97 Å². The van der Waals surface area contributed by atoms with Crippen LogP contribution < -0.4 is 27.9 Å². The summed E-state index contributed by atoms with van der Waals surface area (Å²) >= 11 is 0. The summed E-state index contributed by atoms with van der Waals surface area (Å²) in [6.45, 7) is 15.5. The lowest BCUT2D eigenvalue weighted by Gasteiger charge is -2.44. The van der Waals surface area contributed by atoms with Gasteiger partial charge in [0.25, 0.3) is 5.56 Å². The Kier molecular flexibility index (Phi) is 10.0. The summed E-state index contributed by atoms with van der Waals surface area (Å²) in [6.07, 6.45) is 2.68. The van der Waals surface area contributed by atoms with E-state index in [1.807, 2.05) is 0 Å². The Hall–Kier alpha value is -2.33. The van der Waals surface area contributed by atoms with Gasteiger partial charge in [0, 0.05) is 16.6 Å². The SMILES string of the molecule is CC(C(CCc1cc(B(O)O)c(=O)[nH]c1N)C(C)(C)C)C(CCc1ccc(B(O)O)[nH]c1=O)C(C)(C)C. The van der Waals surface area contributed by atoms with Gasteiger partial charge in [0.05, 0.1) is 0 Å². The zero-order valence-corrected chi connectivity index (χ0v) is 23.1. The molecule has 9 nitrogen and oxygen atoms in total. The molecule has 0 aliphatic heterocycles. The van der Waals surface area contributed by atoms with Crippen LogP contribution in [0.3, 0.4) is 0 Å². The molecule has 0 amide bonds. The Bertz CT molecular complexity index is 1160. The third-order valence-corrected chi connectivity index (χ3v) is 7.70. The van der Waals surface area contributed by atoms with Crippen LogP contribution in [0.2, 0.25) is 0 Å². The van der Waals surface area contributed by atoms with E-state index < -0.39 is 19.8 Å². The summed E-state index contributed by atoms with van der Waals surface area (Å²) < 4.78 is 0. The molecule has 204 valence electrons. The fraction of sp³-hybridized carbons (Fsp3) is 0.615. The predicted octanol–water partition coefficient (Wildman–Crippen LogP) is 0.531. The quantitative estimate of drug-likeness (QED) is 0.226. The molecule has 11 heteroatoms. The van der Waals surface area contributed by atoms with Gasteiger partial charge < -0.3 is 35.8 Å². The first-order valence-corrected chi connectivity index (χ1v) is 12.9. The first kappa shape index (κ1) is 30.9. The Labute approximate surface area is 219 Å². The fourth-order valence-electron chi connectivity index (χ4n) is 5.74. The predicted molar refractivity (Wildman–Crippen MR) is 150 cm³/mol. The first-order valence-electron chi connectivity index (χ1n) is 12.9. The van der Waals surface area contributed by atoms with Crippen LogP contribution in [0.4, 0.5) is 5.82 Å². The van der Waals surface area contributed by atoms with Crippen LogP contribution in [-0.2, 0) is 12.8 Å². The number of nitrogen functional groups attached to an aromatic ring is 1. The molecule has 0 aliphatic rings. The number of aryl methyl sites for hydroxylation is 2. The number of hydrogen-bond acceptors (Lipinski definition) is 7. The Morgan fingerprint density at radius 2 is 1.32 bits per heavy atom. The minimum atomic E-state index is -1.87. The van der Waals surface area contributed by atoms with Crippen LogP contribution in [-0.4, -0.2) is 44.3 Å². The fourth-order valence-corrected chi connectivity index (χ4v) is 5.74. The minimum absolute atomic E-state index is 0.0396. The van der Waals surface area contributed by atoms with Crippen LogP contribution in [0.25, 0.3) is 0 Å². The number of anilines is 1. The van der Waals surface area contributed by atoms with Crippen molar-refractivity contribution in [3.8, 4) is 0 Å². The van der Waals surface area contributed by atoms with Crippen molar-refractivity contribution < 1.29 is 20.1 Å². The van der Waals surface area contributed by atoms with E-state index in [1.165, 1.54) is 12.1 Å². The molecule has 8 N–H and O–H groups in total. The molecule has 0 radical (unpaired) electrons. The Balaban J connectivity index is 2.30. The average Bonchev–Trinajstić information content (AvgIpc) is 2.74. The Morgan fingerprint density at radius 1 is 0.811 bits per heavy atom. The molecule has 0 aliphatic carbocycles. The standard InChI is InChI=1S/C26H43B2N3O6/c1-15(18(25(2,3)4)11-8-16-10-13-21(28(36)37)30-23(16)32)19(26(5,6)7)12-9-17-14-20(27(34)35)24(33)31-22(17)29/h10,13-15,18-19,34-37H,8-9,11-12H2,1-7H3,(H,30,32)(H3,29,31,33). The van der Waals surface area contributed by atoms with Gasteiger partial charge in [0.2, 0.25) is 5.56 Å². The monoisotopic (exact) mass is 515 g/mol. The minimum Gasteiger partial charge on any atom is -0.423 e. The largest absolute Gasteiger partial charge is 0.505 e. The first-order chi connectivity index (χ1) is 16.9. The zero-order valence-electron chi connectivity index (χ0n) is 23.1. The van der Waals surface area contributed by atoms with Crippen molar-refractivity contribution in [3.05, 3.63) is 50.0 Å². The summed E-state index contributed by atoms with van der Waals surface area (Å²) in [7, 11) is -3.59. The van der Waals surface area contributed by atoms with E-state index in [1.54, 1.807) is 6.07 Å². The molecule has 3 atom stereocenters. The van der Waals surface area contributed by atoms with Crippen LogP contribution >= 0.6 is 0 Å². The molecular weight excluding hydrogens is 472 g/mol. The normalized spacial score (nSPS) is 14.8. The lowest BCUT2D eigenvalue weighted by atomic mass is 9.61. The van der Waals surface area contributed by atoms with Crippen LogP contribution in [0, 0.1) is 28.6 Å². The molecule has 0 saturated carbocycles. The molecule has 0 fully saturated rings. The molecular formula is C26H43B2N3O6. The molecule has 0 spiro atoms. The highest BCUT2D eigenvalue weighted by molar-refractivity contribution is 6.58. The van der Waals surface area contributed by atoms with Gasteiger partial charge in [-0.15, -0.1) is 0 Å². The molecule has 2 heterocycles. The number of rotatable bonds is 10. The number of aromatic nitrogens is 2. The maximum atomic E-state index is 12.5. The van der Waals surface area contributed by atoms with E-state index >= 15 is 0 Å². The van der Waals surface area contributed by atoms with Crippen LogP contribution in [0.1, 0.15) is 72.4 Å². The van der Waals surface area contributed by atoms with Gasteiger partial charge in [-0.25, -0.2) is 0 Å². The highest BCUT2D eigenvalue weighted by atomic mass is 16.4. The molecule has 0 bridgehead atoms. The Morgan fingerprint density at radius 3 is 1.76 bits per heavy atom. The second-order valence-corrected chi connectivity index (χ2v) is 12.4. The smallest absolute Gasteiger partial charge is 0.423 e. The van der Waals surface area contributed by atoms with Gasteiger partial charge in [-0.05, 0) is 65.9 Å². The van der Waals surface area contributed by atoms with Gasteiger partial charge in [0.1, 0.15) is 5.82 Å². The second-order valence-electron chi connectivity index (χ2n) is 12.4. The molecule has 2 aromatic rings. The number of hydrogen-bond donors (Lipinski definition) is 7. The maximum Gasteiger partial charge on any atom is 0.505 e. The molecule has 0 saturated heterocycles. The molecule has 3 unspecified atom stereocenters. The van der Waals surface area contributed by atoms with E-state index in [0.717, 1.165) is 12.8 Å². The van der Waals surface area contributed by atoms with Crippen molar-refractivity contribution in [2.45, 2.75) is 74.1 Å². The number of pyridine rings is 2. The van der Waals surface area contributed by atoms with Crippen molar-refractivity contribution in [2.75, 3.05) is 5.73 Å². The highest BCUT2D eigenvalue weighted by Crippen LogP contribution is 2.46. The van der Waals surface area contributed by atoms with Crippen LogP contribution in [0.5, 0.6) is 0 Å². The van der Waals surface area contributed by atoms with Crippen molar-refractivity contribution in [3.63, 3.8) is 0 Å². The van der Waals surface area contributed by atoms with E-state index in [9.17, 15) is 29.7 Å². The van der Waals surface area contributed by atoms with Crippen molar-refractivity contribution in [1.29, 1.82) is 0 Å². The van der Waals surface area contributed by atoms with Gasteiger partial charge >= 0.3 is 14.2 Å². The number of nitrogens with two attached hydrogens (primary N) is 1. The van der Waals surface area contributed by atoms with E-state index in [4.69, 9.17) is 5.73 Å². The van der Waals surface area contributed by atoms with Gasteiger partial charge in [0.15, 0.2) is 0 Å². The van der Waals surface area contributed by atoms with Gasteiger partial charge in [-0.2, -0.15) is 0 Å². The summed E-state index contributed by atoms with van der Waals surface area (Å²) in [5.74, 6) is 1.03. The van der Waals surface area contributed by atoms with E-state index in [2.05, 4.69) is 58.4 Å². The lowest BCUT2D eigenvalue weighted by molar-refractivity contribution is 0.0526. The number of H-pyrrole nitrogens is 2. The second kappa shape index (κ2) is 12.0. The van der Waals surface area contributed by atoms with Crippen LogP contribution in [0.15, 0.2) is 27.8 Å². The van der Waals surface area contributed by atoms with Gasteiger partial charge in [-0.3, -0.25) is 9.59 Å². The summed E-state index contributed by atoms with van der Waals surface area (Å²) in [4.78, 5) is 29.6. The molecule has 37 heavy (non-hydrogen) atoms. The summed E-state index contributed by atoms with van der Waals surface area (Å²) in [6, 6.07) is 4.66. The molecule has 2 rings (SSSR count). The third kappa shape index (κ3) is 8.07.